The van der Waals surface area contributed by atoms with Crippen molar-refractivity contribution in [2.45, 2.75) is 66.0 Å². The van der Waals surface area contributed by atoms with Crippen LogP contribution in [0.1, 0.15) is 57.2 Å². The van der Waals surface area contributed by atoms with Crippen molar-refractivity contribution in [3.8, 4) is 0 Å². The van der Waals surface area contributed by atoms with Gasteiger partial charge in [0.15, 0.2) is 0 Å². The summed E-state index contributed by atoms with van der Waals surface area (Å²) >= 11 is 0. The van der Waals surface area contributed by atoms with Gasteiger partial charge in [-0.25, -0.2) is 0 Å². The number of anilines is 4. The number of hydrogen-bond acceptors (Lipinski definition) is 3. The van der Waals surface area contributed by atoms with Gasteiger partial charge in [0, 0.05) is 40.2 Å². The van der Waals surface area contributed by atoms with Crippen LogP contribution in [0.25, 0.3) is 10.8 Å². The molecule has 3 N–H and O–H groups in total. The lowest BCUT2D eigenvalue weighted by atomic mass is 10.0. The van der Waals surface area contributed by atoms with Gasteiger partial charge < -0.3 is 16.0 Å². The molecule has 41 heavy (non-hydrogen) atoms. The van der Waals surface area contributed by atoms with E-state index in [4.69, 9.17) is 0 Å². The number of rotatable bonds is 10. The summed E-state index contributed by atoms with van der Waals surface area (Å²) in [6.07, 6.45) is 3.25. The van der Waals surface area contributed by atoms with E-state index in [2.05, 4.69) is 166 Å². The lowest BCUT2D eigenvalue weighted by Gasteiger charge is -2.14. The van der Waals surface area contributed by atoms with Crippen LogP contribution in [0.2, 0.25) is 0 Å². The quantitative estimate of drug-likeness (QED) is 0.164. The van der Waals surface area contributed by atoms with Crippen molar-refractivity contribution in [1.29, 1.82) is 0 Å². The molecule has 0 aliphatic heterocycles. The fourth-order valence-corrected chi connectivity index (χ4v) is 4.64. The Morgan fingerprint density at radius 1 is 0.537 bits per heavy atom. The molecule has 0 aliphatic carbocycles. The Bertz CT molecular complexity index is 1430. The summed E-state index contributed by atoms with van der Waals surface area (Å²) in [7, 11) is 0. The second-order valence-electron chi connectivity index (χ2n) is 10.9. The highest BCUT2D eigenvalue weighted by Gasteiger charge is 2.03. The average molecular weight is 544 g/mol. The van der Waals surface area contributed by atoms with E-state index in [1.165, 1.54) is 38.8 Å². The fourth-order valence-electron chi connectivity index (χ4n) is 4.64. The van der Waals surface area contributed by atoms with Gasteiger partial charge in [0.25, 0.3) is 0 Å². The van der Waals surface area contributed by atoms with E-state index in [1.54, 1.807) is 0 Å². The molecule has 0 fully saturated rings. The van der Waals surface area contributed by atoms with Gasteiger partial charge in [-0.3, -0.25) is 0 Å². The fraction of sp³-hybridized carbons (Fsp3) is 0.263. The SMILES string of the molecule is CCC(C)Nc1ccc(Cc2ccc(NC(C)CC)cc2)cc1.Cc1ccccc1Nc1cccc2ccccc12. The van der Waals surface area contributed by atoms with Gasteiger partial charge in [-0.2, -0.15) is 0 Å². The van der Waals surface area contributed by atoms with E-state index < -0.39 is 0 Å². The van der Waals surface area contributed by atoms with Crippen molar-refractivity contribution in [3.05, 3.63) is 132 Å². The third-order valence-electron chi connectivity index (χ3n) is 7.57. The summed E-state index contributed by atoms with van der Waals surface area (Å²) in [6, 6.07) is 41.8. The number of aryl methyl sites for hydroxylation is 1. The van der Waals surface area contributed by atoms with Crippen LogP contribution in [0.15, 0.2) is 115 Å². The maximum atomic E-state index is 3.52. The Hall–Kier alpha value is -4.24. The standard InChI is InChI=1S/C21H30N2.C17H15N/c1-5-16(3)22-20-11-7-18(8-12-20)15-19-9-13-21(14-10-19)23-17(4)6-2;1-13-7-2-5-11-16(13)18-17-12-6-9-14-8-3-4-10-15(14)17/h7-14,16-17,22-23H,5-6,15H2,1-4H3;2-12,18H,1H3. The first-order valence-electron chi connectivity index (χ1n) is 15.0. The van der Waals surface area contributed by atoms with E-state index >= 15 is 0 Å². The van der Waals surface area contributed by atoms with Crippen LogP contribution < -0.4 is 16.0 Å². The Balaban J connectivity index is 0.000000194. The molecule has 0 bridgehead atoms. The monoisotopic (exact) mass is 543 g/mol. The molecule has 2 atom stereocenters. The molecule has 0 saturated heterocycles. The van der Waals surface area contributed by atoms with E-state index in [0.29, 0.717) is 12.1 Å². The van der Waals surface area contributed by atoms with Crippen LogP contribution >= 0.6 is 0 Å². The average Bonchev–Trinajstić information content (AvgIpc) is 3.00. The molecule has 0 heterocycles. The zero-order valence-electron chi connectivity index (χ0n) is 25.2. The molecule has 0 spiro atoms. The molecule has 0 aromatic heterocycles. The van der Waals surface area contributed by atoms with Crippen LogP contribution in [0, 0.1) is 6.92 Å². The molecule has 212 valence electrons. The maximum Gasteiger partial charge on any atom is 0.0463 e. The summed E-state index contributed by atoms with van der Waals surface area (Å²) in [6.45, 7) is 10.9. The summed E-state index contributed by atoms with van der Waals surface area (Å²) in [5, 5.41) is 13.0. The Kier molecular flexibility index (Phi) is 10.8. The molecule has 5 rings (SSSR count). The zero-order chi connectivity index (χ0) is 29.0. The first kappa shape index (κ1) is 29.7. The van der Waals surface area contributed by atoms with Crippen LogP contribution in [-0.2, 0) is 6.42 Å². The Labute approximate surface area is 247 Å². The molecule has 2 unspecified atom stereocenters. The lowest BCUT2D eigenvalue weighted by Crippen LogP contribution is -2.13. The molecular weight excluding hydrogens is 498 g/mol. The van der Waals surface area contributed by atoms with Gasteiger partial charge in [-0.05, 0) is 98.5 Å². The maximum absolute atomic E-state index is 3.52. The minimum Gasteiger partial charge on any atom is -0.383 e. The Morgan fingerprint density at radius 3 is 1.59 bits per heavy atom. The zero-order valence-corrected chi connectivity index (χ0v) is 25.2. The molecular formula is C38H45N3. The molecule has 0 saturated carbocycles. The molecule has 0 aliphatic rings. The smallest absolute Gasteiger partial charge is 0.0463 e. The van der Waals surface area contributed by atoms with Gasteiger partial charge in [0.2, 0.25) is 0 Å². The summed E-state index contributed by atoms with van der Waals surface area (Å²) in [5.41, 5.74) is 8.68. The molecule has 3 heteroatoms. The van der Waals surface area contributed by atoms with Gasteiger partial charge in [0.05, 0.1) is 0 Å². The van der Waals surface area contributed by atoms with E-state index in [9.17, 15) is 0 Å². The lowest BCUT2D eigenvalue weighted by molar-refractivity contribution is 0.764. The molecule has 5 aromatic carbocycles. The number of fused-ring (bicyclic) bond motifs is 1. The van der Waals surface area contributed by atoms with Crippen molar-refractivity contribution >= 4 is 33.5 Å². The van der Waals surface area contributed by atoms with Crippen molar-refractivity contribution in [2.24, 2.45) is 0 Å². The normalized spacial score (nSPS) is 12.1. The van der Waals surface area contributed by atoms with Gasteiger partial charge >= 0.3 is 0 Å². The number of nitrogens with one attached hydrogen (secondary N) is 3. The predicted molar refractivity (Wildman–Crippen MR) is 181 cm³/mol. The minimum atomic E-state index is 0.520. The summed E-state index contributed by atoms with van der Waals surface area (Å²) in [5.74, 6) is 0. The van der Waals surface area contributed by atoms with Crippen LogP contribution in [0.5, 0.6) is 0 Å². The summed E-state index contributed by atoms with van der Waals surface area (Å²) in [4.78, 5) is 0. The summed E-state index contributed by atoms with van der Waals surface area (Å²) < 4.78 is 0. The number of hydrogen-bond donors (Lipinski definition) is 3. The van der Waals surface area contributed by atoms with E-state index in [-0.39, 0.29) is 0 Å². The Morgan fingerprint density at radius 2 is 1.02 bits per heavy atom. The number of para-hydroxylation sites is 1. The second-order valence-corrected chi connectivity index (χ2v) is 10.9. The molecule has 3 nitrogen and oxygen atoms in total. The molecule has 5 aromatic rings. The first-order valence-corrected chi connectivity index (χ1v) is 15.0. The highest BCUT2D eigenvalue weighted by atomic mass is 14.9. The molecule has 0 radical (unpaired) electrons. The third kappa shape index (κ3) is 8.88. The highest BCUT2D eigenvalue weighted by molar-refractivity contribution is 5.95. The largest absolute Gasteiger partial charge is 0.383 e. The van der Waals surface area contributed by atoms with Crippen LogP contribution in [-0.4, -0.2) is 12.1 Å². The topological polar surface area (TPSA) is 36.1 Å². The van der Waals surface area contributed by atoms with Crippen LogP contribution in [0.3, 0.4) is 0 Å². The van der Waals surface area contributed by atoms with Gasteiger partial charge in [0.1, 0.15) is 0 Å². The predicted octanol–water partition coefficient (Wildman–Crippen LogP) is 10.6. The minimum absolute atomic E-state index is 0.520. The van der Waals surface area contributed by atoms with Gasteiger partial charge in [-0.1, -0.05) is 92.7 Å². The van der Waals surface area contributed by atoms with Crippen molar-refractivity contribution in [3.63, 3.8) is 0 Å². The third-order valence-corrected chi connectivity index (χ3v) is 7.57. The van der Waals surface area contributed by atoms with Crippen molar-refractivity contribution in [2.75, 3.05) is 16.0 Å². The van der Waals surface area contributed by atoms with E-state index in [1.807, 2.05) is 0 Å². The van der Waals surface area contributed by atoms with Crippen molar-refractivity contribution in [1.82, 2.24) is 0 Å². The van der Waals surface area contributed by atoms with Crippen molar-refractivity contribution < 1.29 is 0 Å². The second kappa shape index (κ2) is 14.9. The number of benzene rings is 5. The molecule has 0 amide bonds. The highest BCUT2D eigenvalue weighted by Crippen LogP contribution is 2.27. The first-order chi connectivity index (χ1) is 19.9. The van der Waals surface area contributed by atoms with Gasteiger partial charge in [-0.15, -0.1) is 0 Å². The van der Waals surface area contributed by atoms with Crippen LogP contribution in [0.4, 0.5) is 22.7 Å². The van der Waals surface area contributed by atoms with E-state index in [0.717, 1.165) is 30.6 Å².